The summed E-state index contributed by atoms with van der Waals surface area (Å²) < 4.78 is 5.00. The number of benzene rings is 1. The number of hydrogen-bond acceptors (Lipinski definition) is 3. The number of anilines is 1. The number of carbonyl (C=O) groups is 2. The maximum Gasteiger partial charge on any atom is 0.233 e. The van der Waals surface area contributed by atoms with Gasteiger partial charge in [-0.05, 0) is 18.2 Å². The van der Waals surface area contributed by atoms with Crippen molar-refractivity contribution in [1.82, 2.24) is 5.32 Å². The first-order chi connectivity index (χ1) is 9.06. The van der Waals surface area contributed by atoms with E-state index in [0.717, 1.165) is 0 Å². The molecule has 6 heteroatoms. The highest BCUT2D eigenvalue weighted by Crippen LogP contribution is 2.27. The van der Waals surface area contributed by atoms with Gasteiger partial charge in [-0.25, -0.2) is 0 Å². The van der Waals surface area contributed by atoms with Crippen LogP contribution in [0.15, 0.2) is 30.9 Å². The van der Waals surface area contributed by atoms with E-state index in [2.05, 4.69) is 17.2 Å². The van der Waals surface area contributed by atoms with Crippen LogP contribution in [0.2, 0.25) is 5.02 Å². The monoisotopic (exact) mass is 282 g/mol. The molecule has 0 fully saturated rings. The molecule has 0 aliphatic heterocycles. The molecule has 0 saturated carbocycles. The Balaban J connectivity index is 2.55. The lowest BCUT2D eigenvalue weighted by atomic mass is 10.3. The van der Waals surface area contributed by atoms with Gasteiger partial charge in [0.25, 0.3) is 0 Å². The maximum atomic E-state index is 11.6. The zero-order valence-corrected chi connectivity index (χ0v) is 11.3. The van der Waals surface area contributed by atoms with Crippen LogP contribution in [0.3, 0.4) is 0 Å². The van der Waals surface area contributed by atoms with E-state index in [1.807, 2.05) is 0 Å². The number of ether oxygens (including phenoxy) is 1. The van der Waals surface area contributed by atoms with Crippen LogP contribution in [0, 0.1) is 0 Å². The number of methoxy groups -OCH3 is 1. The summed E-state index contributed by atoms with van der Waals surface area (Å²) in [6, 6.07) is 4.83. The first-order valence-corrected chi connectivity index (χ1v) is 5.95. The van der Waals surface area contributed by atoms with E-state index in [1.165, 1.54) is 7.11 Å². The summed E-state index contributed by atoms with van der Waals surface area (Å²) in [5.74, 6) is -0.261. The average Bonchev–Trinajstić information content (AvgIpc) is 2.36. The van der Waals surface area contributed by atoms with Crippen LogP contribution in [0.1, 0.15) is 6.42 Å². The minimum atomic E-state index is -0.414. The molecule has 19 heavy (non-hydrogen) atoms. The van der Waals surface area contributed by atoms with Gasteiger partial charge in [-0.1, -0.05) is 17.7 Å². The summed E-state index contributed by atoms with van der Waals surface area (Å²) in [6.07, 6.45) is 1.29. The second-order valence-electron chi connectivity index (χ2n) is 3.67. The van der Waals surface area contributed by atoms with Gasteiger partial charge in [-0.3, -0.25) is 9.59 Å². The van der Waals surface area contributed by atoms with Crippen LogP contribution in [0.5, 0.6) is 5.75 Å². The minimum Gasteiger partial charge on any atom is -0.495 e. The predicted molar refractivity (Wildman–Crippen MR) is 74.5 cm³/mol. The Morgan fingerprint density at radius 3 is 2.74 bits per heavy atom. The third-order valence-corrected chi connectivity index (χ3v) is 2.50. The van der Waals surface area contributed by atoms with E-state index >= 15 is 0 Å². The van der Waals surface area contributed by atoms with E-state index in [1.54, 1.807) is 24.3 Å². The van der Waals surface area contributed by atoms with E-state index in [4.69, 9.17) is 16.3 Å². The highest BCUT2D eigenvalue weighted by atomic mass is 35.5. The molecule has 0 atom stereocenters. The van der Waals surface area contributed by atoms with Crippen LogP contribution < -0.4 is 15.4 Å². The predicted octanol–water partition coefficient (Wildman–Crippen LogP) is 1.98. The smallest absolute Gasteiger partial charge is 0.233 e. The lowest BCUT2D eigenvalue weighted by molar-refractivity contribution is -0.126. The largest absolute Gasteiger partial charge is 0.495 e. The third kappa shape index (κ3) is 5.01. The second-order valence-corrected chi connectivity index (χ2v) is 4.07. The van der Waals surface area contributed by atoms with E-state index < -0.39 is 5.91 Å². The molecule has 0 aliphatic rings. The molecule has 1 aromatic carbocycles. The van der Waals surface area contributed by atoms with Crippen molar-refractivity contribution < 1.29 is 14.3 Å². The van der Waals surface area contributed by atoms with Gasteiger partial charge in [-0.2, -0.15) is 0 Å². The molecule has 0 radical (unpaired) electrons. The summed E-state index contributed by atoms with van der Waals surface area (Å²) in [6.45, 7) is 3.80. The van der Waals surface area contributed by atoms with Gasteiger partial charge in [0.1, 0.15) is 12.2 Å². The minimum absolute atomic E-state index is 0.252. The molecule has 1 rings (SSSR count). The van der Waals surface area contributed by atoms with Gasteiger partial charge in [0, 0.05) is 12.2 Å². The zero-order valence-electron chi connectivity index (χ0n) is 10.5. The Kier molecular flexibility index (Phi) is 5.89. The number of carbonyl (C=O) groups excluding carboxylic acids is 2. The molecule has 5 nitrogen and oxygen atoms in total. The van der Waals surface area contributed by atoms with Gasteiger partial charge >= 0.3 is 0 Å². The van der Waals surface area contributed by atoms with Crippen molar-refractivity contribution in [3.05, 3.63) is 35.9 Å². The summed E-state index contributed by atoms with van der Waals surface area (Å²) in [4.78, 5) is 22.9. The SMILES string of the molecule is C=CCNC(=O)CC(=O)Nc1ccc(OC)c(Cl)c1. The van der Waals surface area contributed by atoms with Crippen molar-refractivity contribution in [2.45, 2.75) is 6.42 Å². The maximum absolute atomic E-state index is 11.6. The number of rotatable bonds is 6. The van der Waals surface area contributed by atoms with Crippen LogP contribution in [-0.2, 0) is 9.59 Å². The molecule has 0 bridgehead atoms. The fraction of sp³-hybridized carbons (Fsp3) is 0.231. The Morgan fingerprint density at radius 1 is 1.42 bits per heavy atom. The molecule has 0 aliphatic carbocycles. The second kappa shape index (κ2) is 7.43. The summed E-state index contributed by atoms with van der Waals surface area (Å²) in [7, 11) is 1.50. The van der Waals surface area contributed by atoms with Gasteiger partial charge in [0.15, 0.2) is 0 Å². The van der Waals surface area contributed by atoms with Crippen LogP contribution in [0.4, 0.5) is 5.69 Å². The quantitative estimate of drug-likeness (QED) is 0.619. The summed E-state index contributed by atoms with van der Waals surface area (Å²) >= 11 is 5.92. The lowest BCUT2D eigenvalue weighted by Gasteiger charge is -2.08. The molecule has 0 unspecified atom stereocenters. The van der Waals surface area contributed by atoms with Crippen molar-refractivity contribution in [3.63, 3.8) is 0 Å². The van der Waals surface area contributed by atoms with E-state index in [-0.39, 0.29) is 12.3 Å². The van der Waals surface area contributed by atoms with Crippen molar-refractivity contribution in [2.24, 2.45) is 0 Å². The lowest BCUT2D eigenvalue weighted by Crippen LogP contribution is -2.28. The summed E-state index contributed by atoms with van der Waals surface area (Å²) in [5, 5.41) is 5.48. The number of amides is 2. The van der Waals surface area contributed by atoms with Crippen LogP contribution in [0.25, 0.3) is 0 Å². The van der Waals surface area contributed by atoms with Crippen LogP contribution in [-0.4, -0.2) is 25.5 Å². The normalized spacial score (nSPS) is 9.58. The molecular weight excluding hydrogens is 268 g/mol. The highest BCUT2D eigenvalue weighted by molar-refractivity contribution is 6.32. The van der Waals surface area contributed by atoms with Gasteiger partial charge in [0.05, 0.1) is 12.1 Å². The number of halogens is 1. The summed E-state index contributed by atoms with van der Waals surface area (Å²) in [5.41, 5.74) is 0.507. The third-order valence-electron chi connectivity index (χ3n) is 2.20. The number of nitrogens with one attached hydrogen (secondary N) is 2. The Labute approximate surface area is 116 Å². The number of hydrogen-bond donors (Lipinski definition) is 2. The molecule has 0 aromatic heterocycles. The Morgan fingerprint density at radius 2 is 2.16 bits per heavy atom. The Hall–Kier alpha value is -2.01. The zero-order chi connectivity index (χ0) is 14.3. The Bertz CT molecular complexity index is 489. The van der Waals surface area contributed by atoms with Crippen molar-refractivity contribution >= 4 is 29.1 Å². The molecule has 0 saturated heterocycles. The van der Waals surface area contributed by atoms with E-state index in [9.17, 15) is 9.59 Å². The molecular formula is C13H15ClN2O3. The molecule has 102 valence electrons. The van der Waals surface area contributed by atoms with Gasteiger partial charge < -0.3 is 15.4 Å². The molecule has 2 amide bonds. The average molecular weight is 283 g/mol. The van der Waals surface area contributed by atoms with Crippen LogP contribution >= 0.6 is 11.6 Å². The standard InChI is InChI=1S/C13H15ClN2O3/c1-3-6-15-12(17)8-13(18)16-9-4-5-11(19-2)10(14)7-9/h3-5,7H,1,6,8H2,2H3,(H,15,17)(H,16,18). The van der Waals surface area contributed by atoms with Crippen molar-refractivity contribution in [1.29, 1.82) is 0 Å². The van der Waals surface area contributed by atoms with Crippen molar-refractivity contribution in [2.75, 3.05) is 19.0 Å². The fourth-order valence-electron chi connectivity index (χ4n) is 1.34. The molecule has 2 N–H and O–H groups in total. The van der Waals surface area contributed by atoms with Gasteiger partial charge in [0.2, 0.25) is 11.8 Å². The molecule has 1 aromatic rings. The fourth-order valence-corrected chi connectivity index (χ4v) is 1.60. The highest BCUT2D eigenvalue weighted by Gasteiger charge is 2.09. The first kappa shape index (κ1) is 15.0. The van der Waals surface area contributed by atoms with Crippen molar-refractivity contribution in [3.8, 4) is 5.75 Å². The van der Waals surface area contributed by atoms with Gasteiger partial charge in [-0.15, -0.1) is 6.58 Å². The van der Waals surface area contributed by atoms with E-state index in [0.29, 0.717) is 23.0 Å². The first-order valence-electron chi connectivity index (χ1n) is 5.57. The topological polar surface area (TPSA) is 67.4 Å². The molecule has 0 heterocycles. The molecule has 0 spiro atoms.